The van der Waals surface area contributed by atoms with Crippen LogP contribution in [0.2, 0.25) is 0 Å². The molecule has 116 valence electrons. The SMILES string of the molecule is CC1(C)COC2(CCCC/C2=N\S(=O)C(C)(C)C)OC1. The van der Waals surface area contributed by atoms with Gasteiger partial charge in [-0.25, -0.2) is 4.21 Å². The minimum absolute atomic E-state index is 0.0387. The summed E-state index contributed by atoms with van der Waals surface area (Å²) < 4.78 is 28.5. The van der Waals surface area contributed by atoms with Crippen molar-refractivity contribution in [2.24, 2.45) is 9.81 Å². The summed E-state index contributed by atoms with van der Waals surface area (Å²) in [5.74, 6) is -0.714. The van der Waals surface area contributed by atoms with Crippen molar-refractivity contribution >= 4 is 16.7 Å². The van der Waals surface area contributed by atoms with Crippen LogP contribution >= 0.6 is 0 Å². The van der Waals surface area contributed by atoms with E-state index in [1.165, 1.54) is 0 Å². The molecule has 0 aromatic rings. The first-order valence-electron chi connectivity index (χ1n) is 7.43. The van der Waals surface area contributed by atoms with Gasteiger partial charge in [-0.1, -0.05) is 13.8 Å². The Bertz CT molecular complexity index is 413. The van der Waals surface area contributed by atoms with E-state index in [-0.39, 0.29) is 10.2 Å². The molecule has 0 N–H and O–H groups in total. The summed E-state index contributed by atoms with van der Waals surface area (Å²) in [4.78, 5) is 0. The molecule has 0 radical (unpaired) electrons. The lowest BCUT2D eigenvalue weighted by atomic mass is 9.88. The second-order valence-electron chi connectivity index (χ2n) is 7.60. The van der Waals surface area contributed by atoms with Crippen molar-refractivity contribution in [2.45, 2.75) is 70.8 Å². The highest BCUT2D eigenvalue weighted by Gasteiger charge is 2.46. The highest BCUT2D eigenvalue weighted by molar-refractivity contribution is 7.85. The van der Waals surface area contributed by atoms with Crippen molar-refractivity contribution in [3.63, 3.8) is 0 Å². The quantitative estimate of drug-likeness (QED) is 0.747. The lowest BCUT2D eigenvalue weighted by molar-refractivity contribution is -0.265. The third-order valence-electron chi connectivity index (χ3n) is 3.72. The van der Waals surface area contributed by atoms with E-state index in [2.05, 4.69) is 18.2 Å². The van der Waals surface area contributed by atoms with Gasteiger partial charge < -0.3 is 9.47 Å². The van der Waals surface area contributed by atoms with Crippen LogP contribution in [0, 0.1) is 5.41 Å². The minimum Gasteiger partial charge on any atom is -0.344 e. The standard InChI is InChI=1S/C15H27NO3S/c1-13(2,3)20(17)16-12-8-6-7-9-15(12)18-10-14(4,5)11-19-15/h6-11H2,1-5H3/b16-12+. The van der Waals surface area contributed by atoms with E-state index in [1.807, 2.05) is 20.8 Å². The van der Waals surface area contributed by atoms with Crippen molar-refractivity contribution in [3.05, 3.63) is 0 Å². The van der Waals surface area contributed by atoms with Crippen LogP contribution in [0.15, 0.2) is 4.40 Å². The molecule has 1 spiro atoms. The Morgan fingerprint density at radius 2 is 1.75 bits per heavy atom. The molecule has 0 aromatic heterocycles. The Morgan fingerprint density at radius 1 is 1.15 bits per heavy atom. The van der Waals surface area contributed by atoms with Gasteiger partial charge in [0.05, 0.1) is 23.7 Å². The molecule has 0 aromatic carbocycles. The summed E-state index contributed by atoms with van der Waals surface area (Å²) in [7, 11) is -1.25. The Kier molecular flexibility index (Phi) is 4.43. The van der Waals surface area contributed by atoms with Crippen LogP contribution in [0.4, 0.5) is 0 Å². The Hall–Kier alpha value is -0.260. The number of hydrogen-bond donors (Lipinski definition) is 0. The molecule has 1 atom stereocenters. The normalized spacial score (nSPS) is 29.6. The molecule has 20 heavy (non-hydrogen) atoms. The molecular weight excluding hydrogens is 274 g/mol. The van der Waals surface area contributed by atoms with Gasteiger partial charge in [-0.05, 0) is 40.0 Å². The van der Waals surface area contributed by atoms with Gasteiger partial charge in [-0.3, -0.25) is 0 Å². The molecule has 0 amide bonds. The molecule has 4 nitrogen and oxygen atoms in total. The fourth-order valence-corrected chi connectivity index (χ4v) is 3.06. The largest absolute Gasteiger partial charge is 0.344 e. The summed E-state index contributed by atoms with van der Waals surface area (Å²) in [6, 6.07) is 0. The minimum atomic E-state index is -1.25. The molecule has 1 aliphatic heterocycles. The summed E-state index contributed by atoms with van der Waals surface area (Å²) in [5, 5.41) is 0. The third-order valence-corrected chi connectivity index (χ3v) is 5.15. The average molecular weight is 301 g/mol. The molecule has 1 heterocycles. The van der Waals surface area contributed by atoms with Gasteiger partial charge in [0.2, 0.25) is 5.79 Å². The van der Waals surface area contributed by atoms with Crippen molar-refractivity contribution in [1.82, 2.24) is 0 Å². The van der Waals surface area contributed by atoms with Gasteiger partial charge in [0.1, 0.15) is 11.0 Å². The first kappa shape index (κ1) is 16.1. The van der Waals surface area contributed by atoms with E-state index in [0.717, 1.165) is 31.4 Å². The van der Waals surface area contributed by atoms with E-state index < -0.39 is 16.8 Å². The Balaban J connectivity index is 2.22. The second kappa shape index (κ2) is 5.50. The molecule has 1 aliphatic carbocycles. The second-order valence-corrected chi connectivity index (χ2v) is 9.51. The topological polar surface area (TPSA) is 47.9 Å². The Labute approximate surface area is 124 Å². The molecule has 1 unspecified atom stereocenters. The molecule has 1 saturated heterocycles. The number of hydrogen-bond acceptors (Lipinski definition) is 3. The summed E-state index contributed by atoms with van der Waals surface area (Å²) in [6.07, 6.45) is 3.78. The molecular formula is C15H27NO3S. The molecule has 2 rings (SSSR count). The van der Waals surface area contributed by atoms with Crippen molar-refractivity contribution in [2.75, 3.05) is 13.2 Å². The van der Waals surface area contributed by atoms with Crippen LogP contribution in [-0.2, 0) is 20.5 Å². The number of rotatable bonds is 1. The van der Waals surface area contributed by atoms with Crippen LogP contribution in [0.5, 0.6) is 0 Å². The lowest BCUT2D eigenvalue weighted by Crippen LogP contribution is -2.54. The average Bonchev–Trinajstić information content (AvgIpc) is 2.35. The maximum absolute atomic E-state index is 12.3. The number of nitrogens with zero attached hydrogens (tertiary/aromatic N) is 1. The zero-order valence-electron chi connectivity index (χ0n) is 13.3. The molecule has 2 aliphatic rings. The third kappa shape index (κ3) is 3.49. The fourth-order valence-electron chi connectivity index (χ4n) is 2.36. The summed E-state index contributed by atoms with van der Waals surface area (Å²) in [5.41, 5.74) is 0.879. The fraction of sp³-hybridized carbons (Fsp3) is 0.933. The van der Waals surface area contributed by atoms with E-state index in [4.69, 9.17) is 9.47 Å². The maximum Gasteiger partial charge on any atom is 0.209 e. The van der Waals surface area contributed by atoms with Crippen molar-refractivity contribution in [3.8, 4) is 0 Å². The zero-order valence-corrected chi connectivity index (χ0v) is 14.1. The molecule has 2 fully saturated rings. The van der Waals surface area contributed by atoms with Gasteiger partial charge in [0, 0.05) is 11.8 Å². The summed E-state index contributed by atoms with van der Waals surface area (Å²) >= 11 is 0. The Morgan fingerprint density at radius 3 is 2.30 bits per heavy atom. The van der Waals surface area contributed by atoms with Crippen LogP contribution in [0.25, 0.3) is 0 Å². The van der Waals surface area contributed by atoms with Crippen LogP contribution in [-0.4, -0.2) is 33.7 Å². The zero-order chi connectivity index (χ0) is 15.0. The van der Waals surface area contributed by atoms with E-state index in [0.29, 0.717) is 13.2 Å². The van der Waals surface area contributed by atoms with Crippen LogP contribution in [0.1, 0.15) is 60.3 Å². The van der Waals surface area contributed by atoms with E-state index in [1.54, 1.807) is 0 Å². The smallest absolute Gasteiger partial charge is 0.209 e. The predicted molar refractivity (Wildman–Crippen MR) is 82.2 cm³/mol. The number of ether oxygens (including phenoxy) is 2. The monoisotopic (exact) mass is 301 g/mol. The molecule has 1 saturated carbocycles. The van der Waals surface area contributed by atoms with Crippen molar-refractivity contribution < 1.29 is 13.7 Å². The van der Waals surface area contributed by atoms with Gasteiger partial charge in [0.15, 0.2) is 0 Å². The van der Waals surface area contributed by atoms with Gasteiger partial charge in [-0.15, -0.1) is 0 Å². The lowest BCUT2D eigenvalue weighted by Gasteiger charge is -2.45. The summed E-state index contributed by atoms with van der Waals surface area (Å²) in [6.45, 7) is 11.4. The van der Waals surface area contributed by atoms with E-state index >= 15 is 0 Å². The first-order chi connectivity index (χ1) is 9.15. The molecule has 0 bridgehead atoms. The van der Waals surface area contributed by atoms with Crippen LogP contribution < -0.4 is 0 Å². The van der Waals surface area contributed by atoms with Gasteiger partial charge in [-0.2, -0.15) is 4.40 Å². The highest BCUT2D eigenvalue weighted by atomic mass is 32.2. The van der Waals surface area contributed by atoms with Gasteiger partial charge in [0.25, 0.3) is 0 Å². The maximum atomic E-state index is 12.3. The highest BCUT2D eigenvalue weighted by Crippen LogP contribution is 2.38. The van der Waals surface area contributed by atoms with E-state index in [9.17, 15) is 4.21 Å². The van der Waals surface area contributed by atoms with Gasteiger partial charge >= 0.3 is 0 Å². The molecule has 5 heteroatoms. The van der Waals surface area contributed by atoms with Crippen molar-refractivity contribution in [1.29, 1.82) is 0 Å². The predicted octanol–water partition coefficient (Wildman–Crippen LogP) is 3.23. The first-order valence-corrected chi connectivity index (χ1v) is 8.53. The van der Waals surface area contributed by atoms with Crippen LogP contribution in [0.3, 0.4) is 0 Å².